The smallest absolute Gasteiger partial charge is 0.336 e. The Morgan fingerprint density at radius 2 is 2.00 bits per heavy atom. The molecule has 1 aliphatic heterocycles. The number of hydrogen-bond acceptors (Lipinski definition) is 8. The third-order valence-corrected chi connectivity index (χ3v) is 4.97. The molecule has 4 atom stereocenters. The van der Waals surface area contributed by atoms with Gasteiger partial charge < -0.3 is 28.8 Å². The van der Waals surface area contributed by atoms with E-state index in [1.165, 1.54) is 20.1 Å². The second kappa shape index (κ2) is 7.81. The Hall–Kier alpha value is -2.58. The highest BCUT2D eigenvalue weighted by atomic mass is 16.6. The van der Waals surface area contributed by atoms with Crippen molar-refractivity contribution in [3.63, 3.8) is 0 Å². The summed E-state index contributed by atoms with van der Waals surface area (Å²) in [6.07, 6.45) is -1.10. The lowest BCUT2D eigenvalue weighted by atomic mass is 9.90. The fourth-order valence-electron chi connectivity index (χ4n) is 3.29. The van der Waals surface area contributed by atoms with Crippen molar-refractivity contribution in [1.82, 2.24) is 0 Å². The van der Waals surface area contributed by atoms with Gasteiger partial charge in [-0.05, 0) is 31.5 Å². The molecule has 28 heavy (non-hydrogen) atoms. The number of carbonyl (C=O) groups is 1. The molecule has 0 bridgehead atoms. The topological polar surface area (TPSA) is 115 Å². The standard InChI is InChI=1S/C20H24O8/c1-11-8-13(27-19(11)23)9-20(2,24)15(21)10-26-14-6-4-12-5-7-16(22)28-17(12)18(14)25-3/h4-7,11,13,15,21,24H,8-10H2,1-3H3/t11-,13+,15+,20+/m1/s1. The van der Waals surface area contributed by atoms with Crippen molar-refractivity contribution in [3.05, 3.63) is 34.7 Å². The molecule has 8 nitrogen and oxygen atoms in total. The molecule has 0 spiro atoms. The van der Waals surface area contributed by atoms with E-state index in [0.717, 1.165) is 0 Å². The summed E-state index contributed by atoms with van der Waals surface area (Å²) >= 11 is 0. The Morgan fingerprint density at radius 3 is 2.64 bits per heavy atom. The maximum absolute atomic E-state index is 11.5. The number of benzene rings is 1. The summed E-state index contributed by atoms with van der Waals surface area (Å²) < 4.78 is 21.3. The Labute approximate surface area is 161 Å². The van der Waals surface area contributed by atoms with Gasteiger partial charge >= 0.3 is 11.6 Å². The Bertz CT molecular complexity index is 916. The molecule has 0 aliphatic carbocycles. The quantitative estimate of drug-likeness (QED) is 0.540. The van der Waals surface area contributed by atoms with Crippen LogP contribution in [0.15, 0.2) is 33.5 Å². The molecule has 2 aromatic rings. The van der Waals surface area contributed by atoms with Crippen LogP contribution >= 0.6 is 0 Å². The predicted molar refractivity (Wildman–Crippen MR) is 99.4 cm³/mol. The van der Waals surface area contributed by atoms with Crippen LogP contribution in [0.4, 0.5) is 0 Å². The molecular formula is C20H24O8. The van der Waals surface area contributed by atoms with E-state index in [4.69, 9.17) is 18.6 Å². The number of methoxy groups -OCH3 is 1. The number of esters is 1. The van der Waals surface area contributed by atoms with Crippen LogP contribution in [0.2, 0.25) is 0 Å². The van der Waals surface area contributed by atoms with Crippen LogP contribution in [0.1, 0.15) is 26.7 Å². The minimum absolute atomic E-state index is 0.0946. The molecule has 152 valence electrons. The number of aliphatic hydroxyl groups is 2. The second-order valence-electron chi connectivity index (χ2n) is 7.35. The second-order valence-corrected chi connectivity index (χ2v) is 7.35. The van der Waals surface area contributed by atoms with Gasteiger partial charge in [-0.3, -0.25) is 4.79 Å². The highest BCUT2D eigenvalue weighted by Gasteiger charge is 2.39. The highest BCUT2D eigenvalue weighted by molar-refractivity contribution is 5.85. The molecule has 1 aliphatic rings. The van der Waals surface area contributed by atoms with Crippen LogP contribution in [0.25, 0.3) is 11.0 Å². The summed E-state index contributed by atoms with van der Waals surface area (Å²) in [7, 11) is 1.41. The fourth-order valence-corrected chi connectivity index (χ4v) is 3.29. The van der Waals surface area contributed by atoms with E-state index < -0.39 is 23.4 Å². The minimum atomic E-state index is -1.52. The first-order chi connectivity index (χ1) is 13.2. The van der Waals surface area contributed by atoms with E-state index in [1.807, 2.05) is 0 Å². The third kappa shape index (κ3) is 4.13. The molecule has 0 radical (unpaired) electrons. The molecule has 3 rings (SSSR count). The molecule has 2 heterocycles. The normalized spacial score (nSPS) is 22.5. The largest absolute Gasteiger partial charge is 0.490 e. The van der Waals surface area contributed by atoms with Crippen molar-refractivity contribution in [2.75, 3.05) is 13.7 Å². The lowest BCUT2D eigenvalue weighted by Crippen LogP contribution is -2.45. The average Bonchev–Trinajstić information content (AvgIpc) is 2.95. The van der Waals surface area contributed by atoms with E-state index in [2.05, 4.69) is 0 Å². The van der Waals surface area contributed by atoms with E-state index in [1.54, 1.807) is 25.1 Å². The SMILES string of the molecule is COc1c(OC[C@H](O)[C@@](C)(O)C[C@@H]2C[C@@H](C)C(=O)O2)ccc2ccc(=O)oc12. The van der Waals surface area contributed by atoms with E-state index in [0.29, 0.717) is 11.8 Å². The van der Waals surface area contributed by atoms with E-state index in [9.17, 15) is 19.8 Å². The van der Waals surface area contributed by atoms with Gasteiger partial charge in [0, 0.05) is 17.9 Å². The Morgan fingerprint density at radius 1 is 1.29 bits per heavy atom. The van der Waals surface area contributed by atoms with Gasteiger partial charge in [-0.2, -0.15) is 0 Å². The molecule has 0 saturated carbocycles. The van der Waals surface area contributed by atoms with Gasteiger partial charge in [0.1, 0.15) is 18.8 Å². The molecule has 0 amide bonds. The van der Waals surface area contributed by atoms with Crippen LogP contribution in [0, 0.1) is 5.92 Å². The van der Waals surface area contributed by atoms with Gasteiger partial charge in [-0.25, -0.2) is 4.79 Å². The first kappa shape index (κ1) is 20.2. The van der Waals surface area contributed by atoms with Crippen molar-refractivity contribution in [2.45, 2.75) is 44.5 Å². The number of cyclic esters (lactones) is 1. The maximum Gasteiger partial charge on any atom is 0.336 e. The van der Waals surface area contributed by atoms with Crippen LogP contribution < -0.4 is 15.1 Å². The first-order valence-corrected chi connectivity index (χ1v) is 9.06. The molecule has 0 unspecified atom stereocenters. The molecule has 1 aromatic heterocycles. The van der Waals surface area contributed by atoms with Crippen molar-refractivity contribution in [1.29, 1.82) is 0 Å². The number of carbonyl (C=O) groups excluding carboxylic acids is 1. The average molecular weight is 392 g/mol. The number of ether oxygens (including phenoxy) is 3. The zero-order valence-corrected chi connectivity index (χ0v) is 16.0. The van der Waals surface area contributed by atoms with Crippen molar-refractivity contribution in [2.24, 2.45) is 5.92 Å². The molecule has 1 aromatic carbocycles. The predicted octanol–water partition coefficient (Wildman–Crippen LogP) is 1.63. The third-order valence-electron chi connectivity index (χ3n) is 4.97. The van der Waals surface area contributed by atoms with Gasteiger partial charge in [0.2, 0.25) is 5.75 Å². The minimum Gasteiger partial charge on any atom is -0.490 e. The van der Waals surface area contributed by atoms with Crippen molar-refractivity contribution in [3.8, 4) is 11.5 Å². The van der Waals surface area contributed by atoms with Crippen LogP contribution in [0.3, 0.4) is 0 Å². The number of hydrogen-bond donors (Lipinski definition) is 2. The summed E-state index contributed by atoms with van der Waals surface area (Å²) in [5.74, 6) is -0.0275. The van der Waals surface area contributed by atoms with Crippen LogP contribution in [0.5, 0.6) is 11.5 Å². The molecule has 2 N–H and O–H groups in total. The zero-order valence-electron chi connectivity index (χ0n) is 16.0. The van der Waals surface area contributed by atoms with Gasteiger partial charge in [0.15, 0.2) is 11.3 Å². The Kier molecular flexibility index (Phi) is 5.62. The summed E-state index contributed by atoms with van der Waals surface area (Å²) in [4.78, 5) is 23.0. The molecule has 1 saturated heterocycles. The first-order valence-electron chi connectivity index (χ1n) is 9.06. The number of fused-ring (bicyclic) bond motifs is 1. The zero-order chi connectivity index (χ0) is 20.5. The van der Waals surface area contributed by atoms with Gasteiger partial charge in [-0.1, -0.05) is 6.92 Å². The van der Waals surface area contributed by atoms with Crippen LogP contribution in [-0.2, 0) is 9.53 Å². The highest BCUT2D eigenvalue weighted by Crippen LogP contribution is 2.35. The summed E-state index contributed by atoms with van der Waals surface area (Å²) in [6.45, 7) is 3.00. The Balaban J connectivity index is 1.70. The number of aliphatic hydroxyl groups excluding tert-OH is 1. The van der Waals surface area contributed by atoms with Crippen molar-refractivity contribution >= 4 is 16.9 Å². The van der Waals surface area contributed by atoms with E-state index in [-0.39, 0.29) is 42.0 Å². The van der Waals surface area contributed by atoms with E-state index >= 15 is 0 Å². The summed E-state index contributed by atoms with van der Waals surface area (Å²) in [5, 5.41) is 21.7. The monoisotopic (exact) mass is 392 g/mol. The maximum atomic E-state index is 11.5. The lowest BCUT2D eigenvalue weighted by Gasteiger charge is -2.31. The molecular weight excluding hydrogens is 368 g/mol. The van der Waals surface area contributed by atoms with Gasteiger partial charge in [0.25, 0.3) is 0 Å². The van der Waals surface area contributed by atoms with Gasteiger partial charge in [-0.15, -0.1) is 0 Å². The fraction of sp³-hybridized carbons (Fsp3) is 0.500. The summed E-state index contributed by atoms with van der Waals surface area (Å²) in [5.41, 5.74) is -1.81. The van der Waals surface area contributed by atoms with Crippen molar-refractivity contribution < 1.29 is 33.6 Å². The van der Waals surface area contributed by atoms with Gasteiger partial charge in [0.05, 0.1) is 18.6 Å². The number of rotatable bonds is 7. The molecule has 8 heteroatoms. The lowest BCUT2D eigenvalue weighted by molar-refractivity contribution is -0.148. The van der Waals surface area contributed by atoms with Crippen LogP contribution in [-0.4, -0.2) is 47.7 Å². The summed E-state index contributed by atoms with van der Waals surface area (Å²) in [6, 6.07) is 6.24. The molecule has 1 fully saturated rings.